The van der Waals surface area contributed by atoms with Gasteiger partial charge in [-0.3, -0.25) is 0 Å². The molecule has 0 spiro atoms. The molecule has 0 aliphatic carbocycles. The van der Waals surface area contributed by atoms with Crippen molar-refractivity contribution in [3.63, 3.8) is 0 Å². The molecule has 0 bridgehead atoms. The molecular weight excluding hydrogens is 233 g/mol. The summed E-state index contributed by atoms with van der Waals surface area (Å²) in [5.41, 5.74) is 2.06. The minimum Gasteiger partial charge on any atom is -0.353 e. The lowest BCUT2D eigenvalue weighted by molar-refractivity contribution is -0.225. The second-order valence-electron chi connectivity index (χ2n) is 4.78. The van der Waals surface area contributed by atoms with Gasteiger partial charge < -0.3 is 14.8 Å². The molecule has 100 valence electrons. The highest BCUT2D eigenvalue weighted by Crippen LogP contribution is 2.34. The monoisotopic (exact) mass is 253 g/mol. The maximum atomic E-state index is 13.1. The van der Waals surface area contributed by atoms with Gasteiger partial charge in [-0.05, 0) is 30.2 Å². The molecule has 1 N–H and O–H groups in total. The van der Waals surface area contributed by atoms with Crippen LogP contribution >= 0.6 is 0 Å². The standard InChI is InChI=1S/C14H20FNO2/c1-10-8-11(15)4-5-12(10)13-9-14(17-2,18-3)6-7-16-13/h4-5,8,13,16H,6-7,9H2,1-3H3. The van der Waals surface area contributed by atoms with Crippen LogP contribution in [0.25, 0.3) is 0 Å². The second-order valence-corrected chi connectivity index (χ2v) is 4.78. The summed E-state index contributed by atoms with van der Waals surface area (Å²) in [6.07, 6.45) is 1.54. The van der Waals surface area contributed by atoms with E-state index in [1.807, 2.05) is 13.0 Å². The van der Waals surface area contributed by atoms with Crippen LogP contribution < -0.4 is 5.32 Å². The van der Waals surface area contributed by atoms with Crippen LogP contribution in [0.15, 0.2) is 18.2 Å². The molecule has 1 fully saturated rings. The molecule has 1 aromatic carbocycles. The molecule has 0 amide bonds. The Morgan fingerprint density at radius 1 is 1.33 bits per heavy atom. The molecule has 0 radical (unpaired) electrons. The number of aryl methyl sites for hydroxylation is 1. The average molecular weight is 253 g/mol. The Kier molecular flexibility index (Phi) is 4.00. The zero-order valence-electron chi connectivity index (χ0n) is 11.1. The van der Waals surface area contributed by atoms with Crippen molar-refractivity contribution in [3.8, 4) is 0 Å². The molecule has 1 saturated heterocycles. The zero-order valence-corrected chi connectivity index (χ0v) is 11.1. The smallest absolute Gasteiger partial charge is 0.170 e. The Hall–Kier alpha value is -0.970. The van der Waals surface area contributed by atoms with E-state index in [1.54, 1.807) is 20.3 Å². The molecule has 3 nitrogen and oxygen atoms in total. The normalized spacial score (nSPS) is 23.0. The predicted molar refractivity (Wildman–Crippen MR) is 67.9 cm³/mol. The number of benzene rings is 1. The Balaban J connectivity index is 2.23. The van der Waals surface area contributed by atoms with E-state index in [9.17, 15) is 4.39 Å². The van der Waals surface area contributed by atoms with Crippen molar-refractivity contribution < 1.29 is 13.9 Å². The summed E-state index contributed by atoms with van der Waals surface area (Å²) in [6.45, 7) is 2.75. The van der Waals surface area contributed by atoms with Gasteiger partial charge in [0.1, 0.15) is 5.82 Å². The van der Waals surface area contributed by atoms with Gasteiger partial charge in [0.05, 0.1) is 0 Å². The summed E-state index contributed by atoms with van der Waals surface area (Å²) >= 11 is 0. The summed E-state index contributed by atoms with van der Waals surface area (Å²) in [5, 5.41) is 3.44. The van der Waals surface area contributed by atoms with Crippen molar-refractivity contribution in [1.29, 1.82) is 0 Å². The average Bonchev–Trinajstić information content (AvgIpc) is 2.38. The lowest BCUT2D eigenvalue weighted by atomic mass is 9.90. The van der Waals surface area contributed by atoms with Crippen molar-refractivity contribution in [1.82, 2.24) is 5.32 Å². The van der Waals surface area contributed by atoms with Crippen LogP contribution in [0.3, 0.4) is 0 Å². The summed E-state index contributed by atoms with van der Waals surface area (Å²) in [5.74, 6) is -0.728. The van der Waals surface area contributed by atoms with Gasteiger partial charge in [0, 0.05) is 39.6 Å². The number of hydrogen-bond donors (Lipinski definition) is 1. The SMILES string of the molecule is COC1(OC)CCNC(c2ccc(F)cc2C)C1. The molecule has 1 heterocycles. The maximum absolute atomic E-state index is 13.1. The Morgan fingerprint density at radius 3 is 2.67 bits per heavy atom. The Bertz CT molecular complexity index is 418. The molecule has 0 saturated carbocycles. The first-order valence-corrected chi connectivity index (χ1v) is 6.20. The van der Waals surface area contributed by atoms with Gasteiger partial charge in [-0.25, -0.2) is 4.39 Å². The van der Waals surface area contributed by atoms with E-state index in [4.69, 9.17) is 9.47 Å². The fraction of sp³-hybridized carbons (Fsp3) is 0.571. The van der Waals surface area contributed by atoms with Crippen LogP contribution in [-0.2, 0) is 9.47 Å². The highest BCUT2D eigenvalue weighted by molar-refractivity contribution is 5.30. The molecule has 1 atom stereocenters. The summed E-state index contributed by atoms with van der Waals surface area (Å²) < 4.78 is 24.1. The van der Waals surface area contributed by atoms with E-state index in [0.717, 1.165) is 30.5 Å². The topological polar surface area (TPSA) is 30.5 Å². The molecule has 18 heavy (non-hydrogen) atoms. The molecule has 1 aromatic rings. The van der Waals surface area contributed by atoms with Crippen LogP contribution in [0.1, 0.15) is 30.0 Å². The Morgan fingerprint density at radius 2 is 2.06 bits per heavy atom. The fourth-order valence-electron chi connectivity index (χ4n) is 2.63. The summed E-state index contributed by atoms with van der Waals surface area (Å²) in [4.78, 5) is 0. The number of hydrogen-bond acceptors (Lipinski definition) is 3. The van der Waals surface area contributed by atoms with E-state index in [0.29, 0.717) is 0 Å². The first-order chi connectivity index (χ1) is 8.60. The van der Waals surface area contributed by atoms with Gasteiger partial charge in [0.2, 0.25) is 0 Å². The maximum Gasteiger partial charge on any atom is 0.170 e. The van der Waals surface area contributed by atoms with Gasteiger partial charge in [-0.15, -0.1) is 0 Å². The van der Waals surface area contributed by atoms with Gasteiger partial charge in [0.15, 0.2) is 5.79 Å². The third-order valence-corrected chi connectivity index (χ3v) is 3.76. The number of rotatable bonds is 3. The zero-order chi connectivity index (χ0) is 13.2. The van der Waals surface area contributed by atoms with E-state index in [2.05, 4.69) is 5.32 Å². The third-order valence-electron chi connectivity index (χ3n) is 3.76. The lowest BCUT2D eigenvalue weighted by Gasteiger charge is -2.39. The number of halogens is 1. The minimum absolute atomic E-state index is 0.138. The highest BCUT2D eigenvalue weighted by atomic mass is 19.1. The number of ether oxygens (including phenoxy) is 2. The number of nitrogens with one attached hydrogen (secondary N) is 1. The van der Waals surface area contributed by atoms with Gasteiger partial charge in [-0.2, -0.15) is 0 Å². The fourth-order valence-corrected chi connectivity index (χ4v) is 2.63. The molecule has 2 rings (SSSR count). The Labute approximate surface area is 107 Å². The van der Waals surface area contributed by atoms with Crippen LogP contribution in [-0.4, -0.2) is 26.6 Å². The minimum atomic E-state index is -0.531. The molecule has 1 aliphatic rings. The number of piperidine rings is 1. The second kappa shape index (κ2) is 5.34. The number of methoxy groups -OCH3 is 2. The largest absolute Gasteiger partial charge is 0.353 e. The van der Waals surface area contributed by atoms with Crippen LogP contribution in [0.5, 0.6) is 0 Å². The molecule has 4 heteroatoms. The quantitative estimate of drug-likeness (QED) is 0.840. The van der Waals surface area contributed by atoms with Crippen LogP contribution in [0.4, 0.5) is 4.39 Å². The van der Waals surface area contributed by atoms with E-state index in [-0.39, 0.29) is 11.9 Å². The molecule has 1 unspecified atom stereocenters. The van der Waals surface area contributed by atoms with Crippen molar-refractivity contribution in [2.24, 2.45) is 0 Å². The highest BCUT2D eigenvalue weighted by Gasteiger charge is 2.37. The van der Waals surface area contributed by atoms with Crippen LogP contribution in [0, 0.1) is 12.7 Å². The van der Waals surface area contributed by atoms with E-state index >= 15 is 0 Å². The van der Waals surface area contributed by atoms with E-state index < -0.39 is 5.79 Å². The van der Waals surface area contributed by atoms with Crippen molar-refractivity contribution in [3.05, 3.63) is 35.1 Å². The van der Waals surface area contributed by atoms with Gasteiger partial charge in [0.25, 0.3) is 0 Å². The lowest BCUT2D eigenvalue weighted by Crippen LogP contribution is -2.46. The van der Waals surface area contributed by atoms with Crippen molar-refractivity contribution >= 4 is 0 Å². The predicted octanol–water partition coefficient (Wildman–Crippen LogP) is 2.55. The molecular formula is C14H20FNO2. The van der Waals surface area contributed by atoms with Gasteiger partial charge >= 0.3 is 0 Å². The molecule has 1 aliphatic heterocycles. The first kappa shape index (κ1) is 13.5. The van der Waals surface area contributed by atoms with Gasteiger partial charge in [-0.1, -0.05) is 6.07 Å². The van der Waals surface area contributed by atoms with E-state index in [1.165, 1.54) is 6.07 Å². The first-order valence-electron chi connectivity index (χ1n) is 6.20. The summed E-state index contributed by atoms with van der Waals surface area (Å²) in [7, 11) is 3.34. The van der Waals surface area contributed by atoms with Crippen molar-refractivity contribution in [2.45, 2.75) is 31.6 Å². The van der Waals surface area contributed by atoms with Crippen molar-refractivity contribution in [2.75, 3.05) is 20.8 Å². The summed E-state index contributed by atoms with van der Waals surface area (Å²) in [6, 6.07) is 5.04. The molecule has 0 aromatic heterocycles. The van der Waals surface area contributed by atoms with Crippen LogP contribution in [0.2, 0.25) is 0 Å². The third kappa shape index (κ3) is 2.55.